The number of hydrogen-bond acceptors (Lipinski definition) is 7. The number of carbonyl (C=O) groups excluding carboxylic acids is 2. The summed E-state index contributed by atoms with van der Waals surface area (Å²) < 4.78 is 5.14. The Morgan fingerprint density at radius 1 is 0.955 bits per heavy atom. The molecular formula is C34H41N5O5. The molecule has 2 fully saturated rings. The summed E-state index contributed by atoms with van der Waals surface area (Å²) in [6.45, 7) is 2.24. The molecule has 0 aromatic heterocycles. The van der Waals surface area contributed by atoms with E-state index in [4.69, 9.17) is 10.5 Å². The number of benzene rings is 3. The second-order valence-corrected chi connectivity index (χ2v) is 11.8. The van der Waals surface area contributed by atoms with Crippen LogP contribution in [0.2, 0.25) is 0 Å². The lowest BCUT2D eigenvalue weighted by Gasteiger charge is -2.35. The van der Waals surface area contributed by atoms with Crippen LogP contribution in [0.15, 0.2) is 66.7 Å². The molecule has 1 aliphatic heterocycles. The van der Waals surface area contributed by atoms with Gasteiger partial charge in [0.1, 0.15) is 0 Å². The van der Waals surface area contributed by atoms with Gasteiger partial charge in [0.15, 0.2) is 0 Å². The SMILES string of the molecule is COC(=O)N(Cc1cccc(-c2ccc(N3CCCCCC3)c(NC(=O)c3ccc([N+](=O)[O-])cc3)c2)c1)C1CCC(N)CC1. The van der Waals surface area contributed by atoms with Crippen molar-refractivity contribution < 1.29 is 19.2 Å². The Balaban J connectivity index is 1.43. The van der Waals surface area contributed by atoms with Crippen molar-refractivity contribution in [1.82, 2.24) is 4.90 Å². The van der Waals surface area contributed by atoms with Crippen molar-refractivity contribution in [3.05, 3.63) is 88.0 Å². The number of amides is 2. The first-order valence-corrected chi connectivity index (χ1v) is 15.5. The molecule has 0 bridgehead atoms. The molecular weight excluding hydrogens is 558 g/mol. The Morgan fingerprint density at radius 2 is 1.64 bits per heavy atom. The Bertz CT molecular complexity index is 1460. The third-order valence-electron chi connectivity index (χ3n) is 8.74. The number of nitrogens with one attached hydrogen (secondary N) is 1. The van der Waals surface area contributed by atoms with E-state index in [0.717, 1.165) is 74.0 Å². The zero-order valence-corrected chi connectivity index (χ0v) is 25.2. The first-order chi connectivity index (χ1) is 21.3. The van der Waals surface area contributed by atoms with E-state index in [2.05, 4.69) is 28.4 Å². The lowest BCUT2D eigenvalue weighted by molar-refractivity contribution is -0.384. The normalized spacial score (nSPS) is 18.6. The van der Waals surface area contributed by atoms with Gasteiger partial charge >= 0.3 is 6.09 Å². The zero-order chi connectivity index (χ0) is 31.1. The molecule has 232 valence electrons. The van der Waals surface area contributed by atoms with Crippen LogP contribution in [-0.2, 0) is 11.3 Å². The summed E-state index contributed by atoms with van der Waals surface area (Å²) in [7, 11) is 1.42. The molecule has 1 saturated carbocycles. The number of nitrogens with two attached hydrogens (primary N) is 1. The smallest absolute Gasteiger partial charge is 0.410 e. The molecule has 3 aromatic rings. The minimum Gasteiger partial charge on any atom is -0.453 e. The molecule has 1 saturated heterocycles. The van der Waals surface area contributed by atoms with E-state index in [0.29, 0.717) is 17.8 Å². The number of non-ortho nitro benzene ring substituents is 1. The summed E-state index contributed by atoms with van der Waals surface area (Å²) in [5, 5.41) is 14.2. The number of nitro groups is 1. The van der Waals surface area contributed by atoms with Gasteiger partial charge < -0.3 is 25.6 Å². The molecule has 0 atom stereocenters. The Hall–Kier alpha value is -4.44. The summed E-state index contributed by atoms with van der Waals surface area (Å²) >= 11 is 0. The molecule has 0 unspecified atom stereocenters. The standard InChI is InChI=1S/C34H41N5O5/c1-44-34(41)38(29-16-12-28(35)13-17-29)23-24-7-6-8-26(21-24)27-11-18-32(37-19-4-2-3-5-20-37)31(22-27)36-33(40)25-9-14-30(15-10-25)39(42)43/h6-11,14-15,18,21-22,28-29H,2-5,12-13,16-17,19-20,23,35H2,1H3,(H,36,40). The average Bonchev–Trinajstić information content (AvgIpc) is 3.33. The third kappa shape index (κ3) is 7.55. The predicted octanol–water partition coefficient (Wildman–Crippen LogP) is 6.73. The van der Waals surface area contributed by atoms with Gasteiger partial charge in [0.2, 0.25) is 0 Å². The van der Waals surface area contributed by atoms with Gasteiger partial charge in [0.05, 0.1) is 23.4 Å². The van der Waals surface area contributed by atoms with Crippen LogP contribution in [0.25, 0.3) is 11.1 Å². The molecule has 0 radical (unpaired) electrons. The van der Waals surface area contributed by atoms with Crippen molar-refractivity contribution in [1.29, 1.82) is 0 Å². The van der Waals surface area contributed by atoms with Crippen LogP contribution in [0, 0.1) is 10.1 Å². The summed E-state index contributed by atoms with van der Waals surface area (Å²) in [6.07, 6.45) is 7.67. The van der Waals surface area contributed by atoms with E-state index in [1.165, 1.54) is 44.2 Å². The van der Waals surface area contributed by atoms with Crippen LogP contribution in [0.3, 0.4) is 0 Å². The fourth-order valence-electron chi connectivity index (χ4n) is 6.25. The highest BCUT2D eigenvalue weighted by Crippen LogP contribution is 2.34. The van der Waals surface area contributed by atoms with Crippen LogP contribution < -0.4 is 16.0 Å². The van der Waals surface area contributed by atoms with Crippen molar-refractivity contribution in [2.45, 2.75) is 70.0 Å². The highest BCUT2D eigenvalue weighted by Gasteiger charge is 2.28. The van der Waals surface area contributed by atoms with Crippen LogP contribution in [-0.4, -0.2) is 54.1 Å². The Kier molecular flexibility index (Phi) is 10.1. The highest BCUT2D eigenvalue weighted by molar-refractivity contribution is 6.06. The van der Waals surface area contributed by atoms with Crippen LogP contribution in [0.5, 0.6) is 0 Å². The second-order valence-electron chi connectivity index (χ2n) is 11.8. The van der Waals surface area contributed by atoms with Crippen molar-refractivity contribution in [3.8, 4) is 11.1 Å². The Labute approximate surface area is 258 Å². The minimum atomic E-state index is -0.480. The third-order valence-corrected chi connectivity index (χ3v) is 8.74. The molecule has 44 heavy (non-hydrogen) atoms. The number of anilines is 2. The Morgan fingerprint density at radius 3 is 2.30 bits per heavy atom. The van der Waals surface area contributed by atoms with Crippen LogP contribution >= 0.6 is 0 Å². The number of nitrogens with zero attached hydrogens (tertiary/aromatic N) is 3. The first kappa shape index (κ1) is 31.0. The largest absolute Gasteiger partial charge is 0.453 e. The number of carbonyl (C=O) groups is 2. The van der Waals surface area contributed by atoms with Crippen molar-refractivity contribution in [3.63, 3.8) is 0 Å². The van der Waals surface area contributed by atoms with Gasteiger partial charge in [-0.2, -0.15) is 0 Å². The molecule has 1 heterocycles. The van der Waals surface area contributed by atoms with Crippen molar-refractivity contribution in [2.75, 3.05) is 30.4 Å². The minimum absolute atomic E-state index is 0.0634. The quantitative estimate of drug-likeness (QED) is 0.217. The highest BCUT2D eigenvalue weighted by atomic mass is 16.6. The maximum Gasteiger partial charge on any atom is 0.410 e. The van der Waals surface area contributed by atoms with Gasteiger partial charge in [-0.1, -0.05) is 37.1 Å². The van der Waals surface area contributed by atoms with E-state index in [9.17, 15) is 19.7 Å². The number of hydrogen-bond donors (Lipinski definition) is 2. The molecule has 10 nitrogen and oxygen atoms in total. The van der Waals surface area contributed by atoms with Crippen LogP contribution in [0.4, 0.5) is 21.9 Å². The van der Waals surface area contributed by atoms with E-state index in [1.807, 2.05) is 29.2 Å². The molecule has 1 aliphatic carbocycles. The van der Waals surface area contributed by atoms with Crippen molar-refractivity contribution >= 4 is 29.1 Å². The molecule has 0 spiro atoms. The van der Waals surface area contributed by atoms with Gasteiger partial charge in [0, 0.05) is 49.4 Å². The second kappa shape index (κ2) is 14.4. The molecule has 10 heteroatoms. The van der Waals surface area contributed by atoms with E-state index >= 15 is 0 Å². The number of methoxy groups -OCH3 is 1. The van der Waals surface area contributed by atoms with Crippen LogP contribution in [0.1, 0.15) is 67.3 Å². The fourth-order valence-corrected chi connectivity index (χ4v) is 6.25. The van der Waals surface area contributed by atoms with E-state index in [-0.39, 0.29) is 29.8 Å². The molecule has 5 rings (SSSR count). The molecule has 2 aliphatic rings. The number of rotatable bonds is 8. The number of nitro benzene ring substituents is 1. The van der Waals surface area contributed by atoms with Crippen molar-refractivity contribution in [2.24, 2.45) is 5.73 Å². The van der Waals surface area contributed by atoms with Gasteiger partial charge in [-0.3, -0.25) is 14.9 Å². The summed E-state index contributed by atoms with van der Waals surface area (Å²) in [4.78, 5) is 40.8. The lowest BCUT2D eigenvalue weighted by Crippen LogP contribution is -2.43. The summed E-state index contributed by atoms with van der Waals surface area (Å²) in [5.41, 5.74) is 10.9. The monoisotopic (exact) mass is 599 g/mol. The first-order valence-electron chi connectivity index (χ1n) is 15.5. The van der Waals surface area contributed by atoms with Gasteiger partial charge in [0.25, 0.3) is 11.6 Å². The molecule has 2 amide bonds. The fraction of sp³-hybridized carbons (Fsp3) is 0.412. The summed E-state index contributed by atoms with van der Waals surface area (Å²) in [6, 6.07) is 20.1. The topological polar surface area (TPSA) is 131 Å². The lowest BCUT2D eigenvalue weighted by atomic mass is 9.90. The van der Waals surface area contributed by atoms with E-state index < -0.39 is 4.92 Å². The molecule has 3 aromatic carbocycles. The van der Waals surface area contributed by atoms with Gasteiger partial charge in [-0.15, -0.1) is 0 Å². The van der Waals surface area contributed by atoms with Gasteiger partial charge in [-0.25, -0.2) is 4.79 Å². The molecule has 3 N–H and O–H groups in total. The maximum atomic E-state index is 13.3. The predicted molar refractivity (Wildman–Crippen MR) is 172 cm³/mol. The summed E-state index contributed by atoms with van der Waals surface area (Å²) in [5.74, 6) is -0.331. The zero-order valence-electron chi connectivity index (χ0n) is 25.2. The maximum absolute atomic E-state index is 13.3. The van der Waals surface area contributed by atoms with E-state index in [1.54, 1.807) is 0 Å². The average molecular weight is 600 g/mol. The van der Waals surface area contributed by atoms with Gasteiger partial charge in [-0.05, 0) is 85.5 Å². The number of ether oxygens (including phenoxy) is 1.